The second-order valence-corrected chi connectivity index (χ2v) is 3.44. The Balaban J connectivity index is 2.90. The summed E-state index contributed by atoms with van der Waals surface area (Å²) in [6.07, 6.45) is 0. The zero-order valence-electron chi connectivity index (χ0n) is 7.80. The Morgan fingerprint density at radius 1 is 1.13 bits per heavy atom. The Labute approximate surface area is 96.6 Å². The second-order valence-electron chi connectivity index (χ2n) is 2.63. The molecule has 0 saturated heterocycles. The quantitative estimate of drug-likeness (QED) is 0.741. The summed E-state index contributed by atoms with van der Waals surface area (Å²) in [4.78, 5) is 22.1. The van der Waals surface area contributed by atoms with Crippen molar-refractivity contribution >= 4 is 40.7 Å². The maximum absolute atomic E-state index is 11.2. The Hall–Kier alpha value is -1.26. The molecule has 15 heavy (non-hydrogen) atoms. The highest BCUT2D eigenvalue weighted by Crippen LogP contribution is 2.29. The van der Waals surface area contributed by atoms with E-state index in [0.717, 1.165) is 0 Å². The molecule has 1 aromatic carbocycles. The third-order valence-corrected chi connectivity index (χ3v) is 2.26. The van der Waals surface area contributed by atoms with E-state index in [2.05, 4.69) is 10.6 Å². The third-order valence-electron chi connectivity index (χ3n) is 1.63. The van der Waals surface area contributed by atoms with Gasteiger partial charge in [-0.15, -0.1) is 0 Å². The highest BCUT2D eigenvalue weighted by Gasteiger charge is 2.14. The van der Waals surface area contributed by atoms with E-state index in [1.165, 1.54) is 7.05 Å². The monoisotopic (exact) mass is 246 g/mol. The van der Waals surface area contributed by atoms with E-state index in [1.807, 2.05) is 0 Å². The predicted molar refractivity (Wildman–Crippen MR) is 59.2 cm³/mol. The fraction of sp³-hybridized carbons (Fsp3) is 0.111. The van der Waals surface area contributed by atoms with Crippen LogP contribution in [0.1, 0.15) is 0 Å². The van der Waals surface area contributed by atoms with Crippen LogP contribution < -0.4 is 10.6 Å². The van der Waals surface area contributed by atoms with E-state index in [4.69, 9.17) is 23.2 Å². The van der Waals surface area contributed by atoms with Crippen LogP contribution in [-0.4, -0.2) is 18.9 Å². The average Bonchev–Trinajstić information content (AvgIpc) is 2.22. The Morgan fingerprint density at radius 2 is 1.67 bits per heavy atom. The molecule has 0 unspecified atom stereocenters. The first-order valence-corrected chi connectivity index (χ1v) is 4.79. The van der Waals surface area contributed by atoms with Gasteiger partial charge in [-0.1, -0.05) is 29.3 Å². The first kappa shape index (κ1) is 11.8. The molecule has 0 aliphatic heterocycles. The van der Waals surface area contributed by atoms with Crippen molar-refractivity contribution in [2.24, 2.45) is 0 Å². The standard InChI is InChI=1S/C9H8Cl2N2O2/c1-12-8(14)9(15)13-7-5(10)3-2-4-6(7)11/h2-4H,1H3,(H,12,14)(H,13,15). The van der Waals surface area contributed by atoms with Crippen molar-refractivity contribution in [3.63, 3.8) is 0 Å². The van der Waals surface area contributed by atoms with Crippen molar-refractivity contribution in [1.82, 2.24) is 5.32 Å². The summed E-state index contributed by atoms with van der Waals surface area (Å²) in [5.74, 6) is -1.57. The smallest absolute Gasteiger partial charge is 0.313 e. The SMILES string of the molecule is CNC(=O)C(=O)Nc1c(Cl)cccc1Cl. The summed E-state index contributed by atoms with van der Waals surface area (Å²) < 4.78 is 0. The minimum atomic E-state index is -0.812. The first-order valence-electron chi connectivity index (χ1n) is 4.03. The highest BCUT2D eigenvalue weighted by molar-refractivity contribution is 6.44. The molecule has 1 rings (SSSR count). The van der Waals surface area contributed by atoms with E-state index in [0.29, 0.717) is 0 Å². The number of rotatable bonds is 1. The number of carbonyl (C=O) groups excluding carboxylic acids is 2. The average molecular weight is 247 g/mol. The summed E-state index contributed by atoms with van der Waals surface area (Å²) in [5, 5.41) is 5.06. The number of hydrogen-bond acceptors (Lipinski definition) is 2. The largest absolute Gasteiger partial charge is 0.351 e. The molecule has 1 aromatic rings. The zero-order chi connectivity index (χ0) is 11.4. The number of amides is 2. The predicted octanol–water partition coefficient (Wildman–Crippen LogP) is 1.68. The van der Waals surface area contributed by atoms with Crippen molar-refractivity contribution in [2.75, 3.05) is 12.4 Å². The van der Waals surface area contributed by atoms with E-state index >= 15 is 0 Å². The number of carbonyl (C=O) groups is 2. The van der Waals surface area contributed by atoms with Crippen LogP contribution in [0.4, 0.5) is 5.69 Å². The van der Waals surface area contributed by atoms with Crippen LogP contribution in [0.3, 0.4) is 0 Å². The fourth-order valence-electron chi connectivity index (χ4n) is 0.901. The molecule has 0 bridgehead atoms. The lowest BCUT2D eigenvalue weighted by Crippen LogP contribution is -2.32. The summed E-state index contributed by atoms with van der Waals surface area (Å²) in [5.41, 5.74) is 0.231. The minimum Gasteiger partial charge on any atom is -0.351 e. The van der Waals surface area contributed by atoms with E-state index in [9.17, 15) is 9.59 Å². The van der Waals surface area contributed by atoms with Crippen molar-refractivity contribution in [2.45, 2.75) is 0 Å². The molecule has 0 saturated carbocycles. The number of anilines is 1. The number of halogens is 2. The number of likely N-dealkylation sites (N-methyl/N-ethyl adjacent to an activating group) is 1. The number of benzene rings is 1. The molecule has 0 heterocycles. The molecule has 80 valence electrons. The van der Waals surface area contributed by atoms with E-state index < -0.39 is 11.8 Å². The van der Waals surface area contributed by atoms with Gasteiger partial charge in [-0.3, -0.25) is 9.59 Å². The van der Waals surface area contributed by atoms with E-state index in [1.54, 1.807) is 18.2 Å². The van der Waals surface area contributed by atoms with Gasteiger partial charge in [0.25, 0.3) is 0 Å². The number of hydrogen-bond donors (Lipinski definition) is 2. The van der Waals surface area contributed by atoms with E-state index in [-0.39, 0.29) is 15.7 Å². The topological polar surface area (TPSA) is 58.2 Å². The Morgan fingerprint density at radius 3 is 2.13 bits per heavy atom. The van der Waals surface area contributed by atoms with Crippen LogP contribution in [0.25, 0.3) is 0 Å². The maximum Gasteiger partial charge on any atom is 0.313 e. The highest BCUT2D eigenvalue weighted by atomic mass is 35.5. The first-order chi connectivity index (χ1) is 7.06. The Bertz CT molecular complexity index is 387. The van der Waals surface area contributed by atoms with Crippen LogP contribution in [0.2, 0.25) is 10.0 Å². The van der Waals surface area contributed by atoms with Crippen molar-refractivity contribution in [1.29, 1.82) is 0 Å². The molecule has 0 radical (unpaired) electrons. The van der Waals surface area contributed by atoms with Crippen LogP contribution in [-0.2, 0) is 9.59 Å². The van der Waals surface area contributed by atoms with Gasteiger partial charge in [0.15, 0.2) is 0 Å². The lowest BCUT2D eigenvalue weighted by molar-refractivity contribution is -0.135. The van der Waals surface area contributed by atoms with Crippen molar-refractivity contribution in [3.8, 4) is 0 Å². The van der Waals surface area contributed by atoms with Gasteiger partial charge in [-0.2, -0.15) is 0 Å². The summed E-state index contributed by atoms with van der Waals surface area (Å²) in [6.45, 7) is 0. The van der Waals surface area contributed by atoms with Gasteiger partial charge in [0, 0.05) is 7.05 Å². The Kier molecular flexibility index (Phi) is 3.94. The molecule has 4 nitrogen and oxygen atoms in total. The molecule has 0 fully saturated rings. The molecule has 0 aliphatic carbocycles. The molecular weight excluding hydrogens is 239 g/mol. The van der Waals surface area contributed by atoms with Crippen LogP contribution in [0.15, 0.2) is 18.2 Å². The summed E-state index contributed by atoms with van der Waals surface area (Å²) >= 11 is 11.6. The minimum absolute atomic E-state index is 0.231. The van der Waals surface area contributed by atoms with Gasteiger partial charge in [0.05, 0.1) is 15.7 Å². The molecule has 0 spiro atoms. The van der Waals surface area contributed by atoms with Gasteiger partial charge in [0.1, 0.15) is 0 Å². The van der Waals surface area contributed by atoms with Gasteiger partial charge in [-0.25, -0.2) is 0 Å². The number of para-hydroxylation sites is 1. The lowest BCUT2D eigenvalue weighted by atomic mass is 10.3. The molecule has 6 heteroatoms. The molecular formula is C9H8Cl2N2O2. The van der Waals surface area contributed by atoms with Gasteiger partial charge in [-0.05, 0) is 12.1 Å². The van der Waals surface area contributed by atoms with Crippen LogP contribution in [0.5, 0.6) is 0 Å². The van der Waals surface area contributed by atoms with Crippen LogP contribution >= 0.6 is 23.2 Å². The maximum atomic E-state index is 11.2. The summed E-state index contributed by atoms with van der Waals surface area (Å²) in [7, 11) is 1.36. The van der Waals surface area contributed by atoms with Gasteiger partial charge < -0.3 is 10.6 Å². The molecule has 2 amide bonds. The fourth-order valence-corrected chi connectivity index (χ4v) is 1.39. The molecule has 2 N–H and O–H groups in total. The zero-order valence-corrected chi connectivity index (χ0v) is 9.32. The molecule has 0 aromatic heterocycles. The van der Waals surface area contributed by atoms with Crippen molar-refractivity contribution in [3.05, 3.63) is 28.2 Å². The van der Waals surface area contributed by atoms with Crippen molar-refractivity contribution < 1.29 is 9.59 Å². The van der Waals surface area contributed by atoms with Gasteiger partial charge in [0.2, 0.25) is 0 Å². The molecule has 0 aliphatic rings. The lowest BCUT2D eigenvalue weighted by Gasteiger charge is -2.07. The molecule has 0 atom stereocenters. The normalized spacial score (nSPS) is 9.53. The van der Waals surface area contributed by atoms with Gasteiger partial charge >= 0.3 is 11.8 Å². The second kappa shape index (κ2) is 5.00. The number of nitrogens with one attached hydrogen (secondary N) is 2. The third kappa shape index (κ3) is 2.84. The van der Waals surface area contributed by atoms with Crippen LogP contribution in [0, 0.1) is 0 Å². The summed E-state index contributed by atoms with van der Waals surface area (Å²) in [6, 6.07) is 4.76.